The lowest BCUT2D eigenvalue weighted by Crippen LogP contribution is -2.33. The minimum absolute atomic E-state index is 0.0289. The summed E-state index contributed by atoms with van der Waals surface area (Å²) in [5.74, 6) is -0.348. The second-order valence-electron chi connectivity index (χ2n) is 2.92. The van der Waals surface area contributed by atoms with E-state index in [1.54, 1.807) is 0 Å². The van der Waals surface area contributed by atoms with Crippen LogP contribution in [0.2, 0.25) is 0 Å². The van der Waals surface area contributed by atoms with Gasteiger partial charge in [0.1, 0.15) is 0 Å². The molecule has 1 saturated heterocycles. The molecular formula is C6H12FNO2S. The van der Waals surface area contributed by atoms with Crippen LogP contribution in [0.15, 0.2) is 0 Å². The zero-order valence-corrected chi connectivity index (χ0v) is 7.03. The predicted octanol–water partition coefficient (Wildman–Crippen LogP) is 0.285. The van der Waals surface area contributed by atoms with Gasteiger partial charge in [0.05, 0.1) is 5.75 Å². The highest BCUT2D eigenvalue weighted by atomic mass is 32.3. The van der Waals surface area contributed by atoms with Gasteiger partial charge in [0.25, 0.3) is 0 Å². The fourth-order valence-corrected chi connectivity index (χ4v) is 2.20. The number of piperidine rings is 1. The van der Waals surface area contributed by atoms with Gasteiger partial charge in [-0.3, -0.25) is 0 Å². The Balaban J connectivity index is 2.36. The second-order valence-corrected chi connectivity index (χ2v) is 4.33. The Kier molecular flexibility index (Phi) is 2.84. The van der Waals surface area contributed by atoms with Gasteiger partial charge >= 0.3 is 10.2 Å². The Hall–Kier alpha value is -0.160. The van der Waals surface area contributed by atoms with E-state index in [1.165, 1.54) is 0 Å². The van der Waals surface area contributed by atoms with Crippen LogP contribution in [0, 0.1) is 5.92 Å². The molecule has 1 N–H and O–H groups in total. The van der Waals surface area contributed by atoms with Crippen molar-refractivity contribution in [1.82, 2.24) is 5.32 Å². The van der Waals surface area contributed by atoms with Crippen LogP contribution < -0.4 is 5.32 Å². The maximum Gasteiger partial charge on any atom is 0.302 e. The standard InChI is InChI=1S/C6H12FNO2S/c7-11(9,10)5-6-2-1-3-8-4-6/h6,8H,1-5H2/t6-/m0/s1. The van der Waals surface area contributed by atoms with Crippen molar-refractivity contribution in [3.8, 4) is 0 Å². The zero-order chi connectivity index (χ0) is 8.32. The average Bonchev–Trinajstić information content (AvgIpc) is 1.85. The first-order chi connectivity index (χ1) is 5.08. The van der Waals surface area contributed by atoms with Crippen molar-refractivity contribution in [2.75, 3.05) is 18.8 Å². The number of rotatable bonds is 2. The van der Waals surface area contributed by atoms with Crippen molar-refractivity contribution in [3.63, 3.8) is 0 Å². The van der Waals surface area contributed by atoms with Gasteiger partial charge in [0.2, 0.25) is 0 Å². The third-order valence-electron chi connectivity index (χ3n) is 1.83. The monoisotopic (exact) mass is 181 g/mol. The Labute approximate surface area is 66.2 Å². The van der Waals surface area contributed by atoms with Crippen molar-refractivity contribution in [2.24, 2.45) is 5.92 Å². The first-order valence-corrected chi connectivity index (χ1v) is 5.26. The summed E-state index contributed by atoms with van der Waals surface area (Å²) in [6.07, 6.45) is 1.76. The summed E-state index contributed by atoms with van der Waals surface area (Å²) in [6.45, 7) is 1.55. The minimum Gasteiger partial charge on any atom is -0.316 e. The Morgan fingerprint density at radius 3 is 2.73 bits per heavy atom. The van der Waals surface area contributed by atoms with Gasteiger partial charge in [-0.25, -0.2) is 0 Å². The Morgan fingerprint density at radius 2 is 2.27 bits per heavy atom. The SMILES string of the molecule is O=S(=O)(F)C[C@H]1CCCNC1. The molecule has 1 heterocycles. The number of nitrogens with one attached hydrogen (secondary N) is 1. The molecule has 0 aromatic carbocycles. The van der Waals surface area contributed by atoms with Gasteiger partial charge in [-0.2, -0.15) is 8.42 Å². The third kappa shape index (κ3) is 3.67. The summed E-state index contributed by atoms with van der Waals surface area (Å²) in [5, 5.41) is 3.03. The molecule has 0 aromatic rings. The highest BCUT2D eigenvalue weighted by Gasteiger charge is 2.19. The molecule has 66 valence electrons. The van der Waals surface area contributed by atoms with Crippen molar-refractivity contribution >= 4 is 10.2 Å². The van der Waals surface area contributed by atoms with Crippen molar-refractivity contribution in [2.45, 2.75) is 12.8 Å². The fourth-order valence-electron chi connectivity index (χ4n) is 1.35. The molecule has 0 bridgehead atoms. The molecule has 1 atom stereocenters. The van der Waals surface area contributed by atoms with Crippen LogP contribution in [0.4, 0.5) is 3.89 Å². The lowest BCUT2D eigenvalue weighted by Gasteiger charge is -2.20. The molecular weight excluding hydrogens is 169 g/mol. The second kappa shape index (κ2) is 3.49. The smallest absolute Gasteiger partial charge is 0.302 e. The molecule has 0 spiro atoms. The van der Waals surface area contributed by atoms with Gasteiger partial charge in [-0.1, -0.05) is 0 Å². The summed E-state index contributed by atoms with van der Waals surface area (Å²) in [4.78, 5) is 0. The summed E-state index contributed by atoms with van der Waals surface area (Å²) < 4.78 is 32.5. The molecule has 0 aromatic heterocycles. The number of hydrogen-bond acceptors (Lipinski definition) is 3. The lowest BCUT2D eigenvalue weighted by atomic mass is 10.0. The van der Waals surface area contributed by atoms with E-state index in [0.29, 0.717) is 6.54 Å². The van der Waals surface area contributed by atoms with Crippen LogP contribution in [0.5, 0.6) is 0 Å². The van der Waals surface area contributed by atoms with E-state index in [0.717, 1.165) is 19.4 Å². The predicted molar refractivity (Wildman–Crippen MR) is 40.5 cm³/mol. The molecule has 0 radical (unpaired) electrons. The normalized spacial score (nSPS) is 26.8. The van der Waals surface area contributed by atoms with Gasteiger partial charge in [-0.05, 0) is 31.8 Å². The molecule has 0 saturated carbocycles. The maximum absolute atomic E-state index is 12.1. The van der Waals surface area contributed by atoms with Gasteiger partial charge in [-0.15, -0.1) is 3.89 Å². The highest BCUT2D eigenvalue weighted by molar-refractivity contribution is 7.86. The summed E-state index contributed by atoms with van der Waals surface area (Å²) in [5.41, 5.74) is 0. The molecule has 1 aliphatic heterocycles. The van der Waals surface area contributed by atoms with E-state index in [-0.39, 0.29) is 11.7 Å². The summed E-state index contributed by atoms with van der Waals surface area (Å²) in [7, 11) is -4.26. The topological polar surface area (TPSA) is 46.2 Å². The van der Waals surface area contributed by atoms with Crippen LogP contribution in [0.25, 0.3) is 0 Å². The summed E-state index contributed by atoms with van der Waals surface area (Å²) >= 11 is 0. The molecule has 11 heavy (non-hydrogen) atoms. The first kappa shape index (κ1) is 8.93. The van der Waals surface area contributed by atoms with E-state index in [9.17, 15) is 12.3 Å². The first-order valence-electron chi connectivity index (χ1n) is 3.71. The Bertz CT molecular complexity index is 209. The van der Waals surface area contributed by atoms with E-state index in [4.69, 9.17) is 0 Å². The molecule has 1 rings (SSSR count). The molecule has 0 aliphatic carbocycles. The molecule has 0 unspecified atom stereocenters. The van der Waals surface area contributed by atoms with Crippen LogP contribution in [0.3, 0.4) is 0 Å². The largest absolute Gasteiger partial charge is 0.316 e. The van der Waals surface area contributed by atoms with E-state index in [2.05, 4.69) is 5.32 Å². The molecule has 0 amide bonds. The highest BCUT2D eigenvalue weighted by Crippen LogP contribution is 2.12. The fraction of sp³-hybridized carbons (Fsp3) is 1.00. The van der Waals surface area contributed by atoms with Gasteiger partial charge in [0, 0.05) is 0 Å². The number of hydrogen-bond donors (Lipinski definition) is 1. The van der Waals surface area contributed by atoms with Crippen molar-refractivity contribution in [1.29, 1.82) is 0 Å². The maximum atomic E-state index is 12.1. The van der Waals surface area contributed by atoms with Crippen LogP contribution in [-0.2, 0) is 10.2 Å². The third-order valence-corrected chi connectivity index (χ3v) is 2.70. The van der Waals surface area contributed by atoms with Gasteiger partial charge in [0.15, 0.2) is 0 Å². The molecule has 1 fully saturated rings. The molecule has 5 heteroatoms. The van der Waals surface area contributed by atoms with Crippen LogP contribution in [0.1, 0.15) is 12.8 Å². The molecule has 3 nitrogen and oxygen atoms in total. The zero-order valence-electron chi connectivity index (χ0n) is 6.22. The van der Waals surface area contributed by atoms with E-state index < -0.39 is 10.2 Å². The van der Waals surface area contributed by atoms with Crippen molar-refractivity contribution < 1.29 is 12.3 Å². The lowest BCUT2D eigenvalue weighted by molar-refractivity contribution is 0.399. The van der Waals surface area contributed by atoms with Crippen LogP contribution in [-0.4, -0.2) is 27.3 Å². The molecule has 1 aliphatic rings. The van der Waals surface area contributed by atoms with Crippen LogP contribution >= 0.6 is 0 Å². The van der Waals surface area contributed by atoms with E-state index in [1.807, 2.05) is 0 Å². The Morgan fingerprint density at radius 1 is 1.55 bits per heavy atom. The number of halogens is 1. The van der Waals surface area contributed by atoms with E-state index >= 15 is 0 Å². The van der Waals surface area contributed by atoms with Gasteiger partial charge < -0.3 is 5.32 Å². The minimum atomic E-state index is -4.26. The van der Waals surface area contributed by atoms with Crippen molar-refractivity contribution in [3.05, 3.63) is 0 Å². The average molecular weight is 181 g/mol. The quantitative estimate of drug-likeness (QED) is 0.623. The summed E-state index contributed by atoms with van der Waals surface area (Å²) in [6, 6.07) is 0.